The largest absolute Gasteiger partial charge is 0.355 e. The maximum absolute atomic E-state index is 12.4. The lowest BCUT2D eigenvalue weighted by atomic mass is 9.79. The summed E-state index contributed by atoms with van der Waals surface area (Å²) in [4.78, 5) is 17.0. The highest BCUT2D eigenvalue weighted by molar-refractivity contribution is 7.18. The van der Waals surface area contributed by atoms with Gasteiger partial charge in [0.1, 0.15) is 0 Å². The van der Waals surface area contributed by atoms with Crippen molar-refractivity contribution >= 4 is 27.5 Å². The van der Waals surface area contributed by atoms with E-state index in [0.717, 1.165) is 29.9 Å². The van der Waals surface area contributed by atoms with Crippen LogP contribution in [0, 0.1) is 0 Å². The van der Waals surface area contributed by atoms with E-state index in [0.29, 0.717) is 12.8 Å². The number of aromatic nitrogens is 1. The van der Waals surface area contributed by atoms with Crippen LogP contribution < -0.4 is 5.32 Å². The molecular formula is C22H24N2OS. The van der Waals surface area contributed by atoms with Gasteiger partial charge in [-0.15, -0.1) is 11.3 Å². The summed E-state index contributed by atoms with van der Waals surface area (Å²) in [7, 11) is 0. The molecule has 1 saturated carbocycles. The molecule has 0 radical (unpaired) electrons. The van der Waals surface area contributed by atoms with Gasteiger partial charge in [0.2, 0.25) is 5.91 Å². The number of hydrogen-bond donors (Lipinski definition) is 1. The number of nitrogens with one attached hydrogen (secondary N) is 1. The Morgan fingerprint density at radius 1 is 1.04 bits per heavy atom. The lowest BCUT2D eigenvalue weighted by Crippen LogP contribution is -2.39. The van der Waals surface area contributed by atoms with Gasteiger partial charge in [0.25, 0.3) is 0 Å². The Labute approximate surface area is 158 Å². The number of benzene rings is 2. The summed E-state index contributed by atoms with van der Waals surface area (Å²) in [5.41, 5.74) is 2.51. The second-order valence-electron chi connectivity index (χ2n) is 7.21. The number of nitrogens with zero attached hydrogens (tertiary/aromatic N) is 1. The Morgan fingerprint density at radius 2 is 1.77 bits per heavy atom. The molecule has 1 N–H and O–H groups in total. The Balaban J connectivity index is 1.35. The highest BCUT2D eigenvalue weighted by Crippen LogP contribution is 2.40. The van der Waals surface area contributed by atoms with Crippen LogP contribution in [0.3, 0.4) is 0 Å². The van der Waals surface area contributed by atoms with E-state index < -0.39 is 0 Å². The molecule has 0 saturated heterocycles. The first-order valence-corrected chi connectivity index (χ1v) is 10.2. The molecular weight excluding hydrogens is 340 g/mol. The van der Waals surface area contributed by atoms with Crippen LogP contribution in [0.1, 0.15) is 42.7 Å². The minimum absolute atomic E-state index is 0.118. The third-order valence-corrected chi connectivity index (χ3v) is 6.57. The molecule has 2 aromatic carbocycles. The van der Waals surface area contributed by atoms with Crippen LogP contribution in [-0.4, -0.2) is 17.4 Å². The summed E-state index contributed by atoms with van der Waals surface area (Å²) in [6.07, 6.45) is 6.03. The molecule has 1 heterocycles. The second kappa shape index (κ2) is 7.58. The average molecular weight is 365 g/mol. The zero-order valence-corrected chi connectivity index (χ0v) is 15.7. The van der Waals surface area contributed by atoms with Crippen molar-refractivity contribution in [2.75, 3.05) is 6.54 Å². The summed E-state index contributed by atoms with van der Waals surface area (Å²) in [5.74, 6) is 0.131. The van der Waals surface area contributed by atoms with Crippen LogP contribution in [0.5, 0.6) is 0 Å². The van der Waals surface area contributed by atoms with Crippen LogP contribution in [0.4, 0.5) is 0 Å². The third-order valence-electron chi connectivity index (χ3n) is 5.47. The lowest BCUT2D eigenvalue weighted by Gasteiger charge is -2.30. The molecule has 0 spiro atoms. The number of thiazole rings is 1. The molecule has 1 aliphatic rings. The Hall–Kier alpha value is -2.20. The van der Waals surface area contributed by atoms with Gasteiger partial charge in [0.05, 0.1) is 15.2 Å². The first-order chi connectivity index (χ1) is 12.8. The SMILES string of the molecule is O=C(CCc1nc2ccccc2s1)NCC1(c2ccccc2)CCCC1. The van der Waals surface area contributed by atoms with Crippen LogP contribution in [0.2, 0.25) is 0 Å². The minimum atomic E-state index is 0.118. The average Bonchev–Trinajstić information content (AvgIpc) is 3.33. The molecule has 4 heteroatoms. The normalized spacial score (nSPS) is 16.0. The van der Waals surface area contributed by atoms with Crippen LogP contribution in [0.15, 0.2) is 54.6 Å². The Morgan fingerprint density at radius 3 is 2.54 bits per heavy atom. The number of carbonyl (C=O) groups excluding carboxylic acids is 1. The summed E-state index contributed by atoms with van der Waals surface area (Å²) in [6, 6.07) is 18.8. The minimum Gasteiger partial charge on any atom is -0.355 e. The second-order valence-corrected chi connectivity index (χ2v) is 8.32. The van der Waals surface area contributed by atoms with Gasteiger partial charge in [0.15, 0.2) is 0 Å². The maximum atomic E-state index is 12.4. The van der Waals surface area contributed by atoms with Gasteiger partial charge < -0.3 is 5.32 Å². The molecule has 3 aromatic rings. The number of aryl methyl sites for hydroxylation is 1. The first-order valence-electron chi connectivity index (χ1n) is 9.42. The number of hydrogen-bond acceptors (Lipinski definition) is 3. The number of para-hydroxylation sites is 1. The van der Waals surface area contributed by atoms with Gasteiger partial charge in [-0.1, -0.05) is 55.3 Å². The zero-order chi connectivity index (χ0) is 17.8. The van der Waals surface area contributed by atoms with E-state index in [9.17, 15) is 4.79 Å². The van der Waals surface area contributed by atoms with Crippen molar-refractivity contribution in [3.63, 3.8) is 0 Å². The van der Waals surface area contributed by atoms with E-state index in [4.69, 9.17) is 0 Å². The van der Waals surface area contributed by atoms with Crippen molar-refractivity contribution in [1.82, 2.24) is 10.3 Å². The molecule has 0 atom stereocenters. The smallest absolute Gasteiger partial charge is 0.220 e. The van der Waals surface area contributed by atoms with Crippen molar-refractivity contribution in [3.8, 4) is 0 Å². The van der Waals surface area contributed by atoms with E-state index in [2.05, 4.69) is 46.7 Å². The summed E-state index contributed by atoms with van der Waals surface area (Å²) >= 11 is 1.69. The van der Waals surface area contributed by atoms with E-state index in [1.165, 1.54) is 23.1 Å². The first kappa shape index (κ1) is 17.2. The summed E-state index contributed by atoms with van der Waals surface area (Å²) < 4.78 is 1.19. The molecule has 3 nitrogen and oxygen atoms in total. The van der Waals surface area contributed by atoms with Crippen molar-refractivity contribution in [1.29, 1.82) is 0 Å². The quantitative estimate of drug-likeness (QED) is 0.679. The van der Waals surface area contributed by atoms with Crippen molar-refractivity contribution < 1.29 is 4.79 Å². The molecule has 4 rings (SSSR count). The molecule has 1 amide bonds. The van der Waals surface area contributed by atoms with Gasteiger partial charge in [-0.25, -0.2) is 4.98 Å². The number of rotatable bonds is 6. The van der Waals surface area contributed by atoms with Gasteiger partial charge >= 0.3 is 0 Å². The summed E-state index contributed by atoms with van der Waals surface area (Å²) in [5, 5.41) is 4.25. The Bertz CT molecular complexity index is 848. The van der Waals surface area contributed by atoms with Crippen molar-refractivity contribution in [3.05, 3.63) is 65.2 Å². The maximum Gasteiger partial charge on any atom is 0.220 e. The molecule has 1 aromatic heterocycles. The summed E-state index contributed by atoms with van der Waals surface area (Å²) in [6.45, 7) is 0.746. The zero-order valence-electron chi connectivity index (χ0n) is 14.9. The Kier molecular flexibility index (Phi) is 5.02. The molecule has 0 unspecified atom stereocenters. The van der Waals surface area contributed by atoms with Crippen LogP contribution in [-0.2, 0) is 16.6 Å². The van der Waals surface area contributed by atoms with Gasteiger partial charge in [-0.2, -0.15) is 0 Å². The van der Waals surface area contributed by atoms with Gasteiger partial charge in [0, 0.05) is 24.8 Å². The predicted octanol–water partition coefficient (Wildman–Crippen LogP) is 4.86. The van der Waals surface area contributed by atoms with Crippen LogP contribution in [0.25, 0.3) is 10.2 Å². The number of amides is 1. The third kappa shape index (κ3) is 3.65. The van der Waals surface area contributed by atoms with E-state index in [1.54, 1.807) is 11.3 Å². The highest BCUT2D eigenvalue weighted by atomic mass is 32.1. The fourth-order valence-electron chi connectivity index (χ4n) is 4.01. The number of carbonyl (C=O) groups is 1. The molecule has 26 heavy (non-hydrogen) atoms. The van der Waals surface area contributed by atoms with Crippen molar-refractivity contribution in [2.24, 2.45) is 0 Å². The van der Waals surface area contributed by atoms with Crippen LogP contribution >= 0.6 is 11.3 Å². The van der Waals surface area contributed by atoms with E-state index in [-0.39, 0.29) is 11.3 Å². The molecule has 1 aliphatic carbocycles. The fourth-order valence-corrected chi connectivity index (χ4v) is 4.98. The monoisotopic (exact) mass is 364 g/mol. The standard InChI is InChI=1S/C22H24N2OS/c25-20(12-13-21-24-18-10-4-5-11-19(18)26-21)23-16-22(14-6-7-15-22)17-8-2-1-3-9-17/h1-5,8-11H,6-7,12-16H2,(H,23,25). The lowest BCUT2D eigenvalue weighted by molar-refractivity contribution is -0.121. The van der Waals surface area contributed by atoms with Gasteiger partial charge in [-0.3, -0.25) is 4.79 Å². The van der Waals surface area contributed by atoms with E-state index in [1.807, 2.05) is 18.2 Å². The highest BCUT2D eigenvalue weighted by Gasteiger charge is 2.35. The molecule has 134 valence electrons. The predicted molar refractivity (Wildman–Crippen MR) is 108 cm³/mol. The van der Waals surface area contributed by atoms with Crippen molar-refractivity contribution in [2.45, 2.75) is 43.9 Å². The topological polar surface area (TPSA) is 42.0 Å². The molecule has 0 aliphatic heterocycles. The molecule has 1 fully saturated rings. The molecule has 0 bridgehead atoms. The fraction of sp³-hybridized carbons (Fsp3) is 0.364. The van der Waals surface area contributed by atoms with E-state index >= 15 is 0 Å². The number of fused-ring (bicyclic) bond motifs is 1. The van der Waals surface area contributed by atoms with Gasteiger partial charge in [-0.05, 0) is 30.5 Å².